The van der Waals surface area contributed by atoms with Crippen molar-refractivity contribution >= 4 is 9.84 Å². The zero-order chi connectivity index (χ0) is 27.9. The first kappa shape index (κ1) is 29.2. The number of pyridine rings is 1. The van der Waals surface area contributed by atoms with Crippen molar-refractivity contribution in [3.8, 4) is 28.8 Å². The first-order valence-corrected chi connectivity index (χ1v) is 14.5. The first-order chi connectivity index (χ1) is 18.0. The second-order valence-electron chi connectivity index (χ2n) is 9.01. The number of benzene rings is 1. The van der Waals surface area contributed by atoms with Gasteiger partial charge in [-0.15, -0.1) is 0 Å². The van der Waals surface area contributed by atoms with Crippen LogP contribution in [0.5, 0.6) is 17.5 Å². The van der Waals surface area contributed by atoms with Crippen LogP contribution < -0.4 is 15.0 Å². The Balaban J connectivity index is 1.93. The molecule has 0 aliphatic rings. The van der Waals surface area contributed by atoms with Crippen LogP contribution in [0.4, 0.5) is 4.39 Å². The molecule has 1 aromatic carbocycles. The van der Waals surface area contributed by atoms with Crippen molar-refractivity contribution in [2.45, 2.75) is 39.9 Å². The molecule has 0 radical (unpaired) electrons. The maximum Gasteiger partial charge on any atom is 0.322 e. The van der Waals surface area contributed by atoms with Crippen LogP contribution in [0, 0.1) is 12.7 Å². The van der Waals surface area contributed by atoms with Crippen molar-refractivity contribution < 1.29 is 22.3 Å². The molecule has 0 aliphatic heterocycles. The highest BCUT2D eigenvalue weighted by molar-refractivity contribution is 7.90. The summed E-state index contributed by atoms with van der Waals surface area (Å²) in [6.07, 6.45) is 2.05. The Hall–Kier alpha value is -3.31. The molecule has 0 saturated carbocycles. The highest BCUT2D eigenvalue weighted by Gasteiger charge is 2.18. The van der Waals surface area contributed by atoms with Gasteiger partial charge in [-0.25, -0.2) is 12.8 Å². The third kappa shape index (κ3) is 7.84. The van der Waals surface area contributed by atoms with Gasteiger partial charge in [-0.2, -0.15) is 9.97 Å². The van der Waals surface area contributed by atoms with Gasteiger partial charge in [0.25, 0.3) is 0 Å². The molecule has 0 bridgehead atoms. The number of ether oxygens (including phenoxy) is 2. The SMILES string of the molecule is CCCS(=O)(=O)Cc1cc(-c2ccc(=O)n(C)c2)nc(Oc2c(C)cc(OCCN(CC)CC)cc2F)n1. The quantitative estimate of drug-likeness (QED) is 0.315. The monoisotopic (exact) mass is 546 g/mol. The zero-order valence-corrected chi connectivity index (χ0v) is 23.3. The van der Waals surface area contributed by atoms with Gasteiger partial charge in [0, 0.05) is 37.5 Å². The van der Waals surface area contributed by atoms with Crippen LogP contribution in [0.25, 0.3) is 11.3 Å². The minimum absolute atomic E-state index is 0.00579. The number of aryl methyl sites for hydroxylation is 2. The molecule has 0 unspecified atom stereocenters. The smallest absolute Gasteiger partial charge is 0.322 e. The van der Waals surface area contributed by atoms with E-state index in [1.54, 1.807) is 39.2 Å². The predicted octanol–water partition coefficient (Wildman–Crippen LogP) is 4.13. The number of likely N-dealkylation sites (N-methyl/N-ethyl adjacent to an activating group) is 1. The van der Waals surface area contributed by atoms with Crippen LogP contribution in [-0.4, -0.2) is 59.8 Å². The third-order valence-corrected chi connectivity index (χ3v) is 7.76. The Labute approximate surface area is 223 Å². The standard InChI is InChI=1S/C27H35FN4O5S/c1-6-13-38(34,35)18-21-15-24(20-9-10-25(33)31(5)17-20)30-27(29-21)37-26-19(4)14-22(16-23(26)28)36-12-11-32(7-2)8-3/h9-10,14-17H,6-8,11-13,18H2,1-5H3. The summed E-state index contributed by atoms with van der Waals surface area (Å²) in [5.74, 6) is -0.670. The van der Waals surface area contributed by atoms with Crippen LogP contribution in [-0.2, 0) is 22.6 Å². The molecule has 0 fully saturated rings. The lowest BCUT2D eigenvalue weighted by molar-refractivity contribution is 0.222. The van der Waals surface area contributed by atoms with Crippen molar-refractivity contribution in [2.75, 3.05) is 32.0 Å². The Kier molecular flexibility index (Phi) is 9.98. The molecule has 38 heavy (non-hydrogen) atoms. The summed E-state index contributed by atoms with van der Waals surface area (Å²) < 4.78 is 53.0. The average molecular weight is 547 g/mol. The van der Waals surface area contributed by atoms with Gasteiger partial charge >= 0.3 is 6.01 Å². The number of aromatic nitrogens is 3. The minimum atomic E-state index is -3.42. The van der Waals surface area contributed by atoms with E-state index in [-0.39, 0.29) is 34.5 Å². The Morgan fingerprint density at radius 2 is 1.82 bits per heavy atom. The summed E-state index contributed by atoms with van der Waals surface area (Å²) in [4.78, 5) is 22.7. The topological polar surface area (TPSA) is 104 Å². The van der Waals surface area contributed by atoms with Crippen LogP contribution >= 0.6 is 0 Å². The minimum Gasteiger partial charge on any atom is -0.492 e. The van der Waals surface area contributed by atoms with E-state index < -0.39 is 15.7 Å². The zero-order valence-electron chi connectivity index (χ0n) is 22.5. The summed E-state index contributed by atoms with van der Waals surface area (Å²) in [7, 11) is -1.83. The molecular weight excluding hydrogens is 511 g/mol. The second kappa shape index (κ2) is 13.0. The number of hydrogen-bond donors (Lipinski definition) is 0. The molecule has 3 aromatic rings. The van der Waals surface area contributed by atoms with E-state index in [9.17, 15) is 13.2 Å². The predicted molar refractivity (Wildman–Crippen MR) is 145 cm³/mol. The molecule has 0 atom stereocenters. The molecule has 0 saturated heterocycles. The van der Waals surface area contributed by atoms with Gasteiger partial charge in [0.05, 0.1) is 22.9 Å². The summed E-state index contributed by atoms with van der Waals surface area (Å²) in [5, 5.41) is 0. The van der Waals surface area contributed by atoms with E-state index in [1.807, 2.05) is 0 Å². The van der Waals surface area contributed by atoms with Crippen LogP contribution in [0.1, 0.15) is 38.4 Å². The Morgan fingerprint density at radius 1 is 1.08 bits per heavy atom. The lowest BCUT2D eigenvalue weighted by atomic mass is 10.2. The van der Waals surface area contributed by atoms with Gasteiger partial charge in [-0.3, -0.25) is 4.79 Å². The van der Waals surface area contributed by atoms with Crippen LogP contribution in [0.2, 0.25) is 0 Å². The number of sulfone groups is 1. The maximum atomic E-state index is 15.1. The highest BCUT2D eigenvalue weighted by atomic mass is 32.2. The van der Waals surface area contributed by atoms with Gasteiger partial charge < -0.3 is 18.9 Å². The molecule has 0 amide bonds. The lowest BCUT2D eigenvalue weighted by Gasteiger charge is -2.18. The van der Waals surface area contributed by atoms with Crippen molar-refractivity contribution in [2.24, 2.45) is 7.05 Å². The van der Waals surface area contributed by atoms with E-state index in [2.05, 4.69) is 28.7 Å². The number of halogens is 1. The van der Waals surface area contributed by atoms with Crippen LogP contribution in [0.15, 0.2) is 41.3 Å². The van der Waals surface area contributed by atoms with E-state index in [1.165, 1.54) is 22.8 Å². The van der Waals surface area contributed by atoms with Gasteiger partial charge in [-0.05, 0) is 50.2 Å². The fourth-order valence-electron chi connectivity index (χ4n) is 3.93. The van der Waals surface area contributed by atoms with Crippen molar-refractivity contribution in [1.82, 2.24) is 19.4 Å². The van der Waals surface area contributed by atoms with Crippen molar-refractivity contribution in [1.29, 1.82) is 0 Å². The molecule has 0 spiro atoms. The van der Waals surface area contributed by atoms with E-state index in [0.29, 0.717) is 35.6 Å². The third-order valence-electron chi connectivity index (χ3n) is 5.99. The van der Waals surface area contributed by atoms with Gasteiger partial charge in [0.1, 0.15) is 12.4 Å². The number of rotatable bonds is 13. The molecular formula is C27H35FN4O5S. The molecule has 0 aliphatic carbocycles. The van der Waals surface area contributed by atoms with Gasteiger partial charge in [0.15, 0.2) is 21.4 Å². The van der Waals surface area contributed by atoms with Gasteiger partial charge in [0.2, 0.25) is 5.56 Å². The largest absolute Gasteiger partial charge is 0.492 e. The number of hydrogen-bond acceptors (Lipinski definition) is 8. The van der Waals surface area contributed by atoms with Crippen LogP contribution in [0.3, 0.4) is 0 Å². The fourth-order valence-corrected chi connectivity index (χ4v) is 5.30. The van der Waals surface area contributed by atoms with Gasteiger partial charge in [-0.1, -0.05) is 20.8 Å². The molecule has 206 valence electrons. The first-order valence-electron chi connectivity index (χ1n) is 12.6. The summed E-state index contributed by atoms with van der Waals surface area (Å²) in [5.41, 5.74) is 1.38. The Bertz CT molecular complexity index is 1400. The molecule has 2 heterocycles. The lowest BCUT2D eigenvalue weighted by Crippen LogP contribution is -2.27. The number of nitrogens with zero attached hydrogens (tertiary/aromatic N) is 4. The maximum absolute atomic E-state index is 15.1. The molecule has 0 N–H and O–H groups in total. The van der Waals surface area contributed by atoms with E-state index in [4.69, 9.17) is 9.47 Å². The molecule has 9 nitrogen and oxygen atoms in total. The van der Waals surface area contributed by atoms with Crippen molar-refractivity contribution in [3.63, 3.8) is 0 Å². The van der Waals surface area contributed by atoms with E-state index >= 15 is 4.39 Å². The Morgan fingerprint density at radius 3 is 2.45 bits per heavy atom. The van der Waals surface area contributed by atoms with E-state index in [0.717, 1.165) is 19.6 Å². The average Bonchev–Trinajstić information content (AvgIpc) is 2.85. The summed E-state index contributed by atoms with van der Waals surface area (Å²) >= 11 is 0. The summed E-state index contributed by atoms with van der Waals surface area (Å²) in [6.45, 7) is 10.5. The highest BCUT2D eigenvalue weighted by Crippen LogP contribution is 2.31. The molecule has 3 rings (SSSR count). The van der Waals surface area contributed by atoms with Crippen molar-refractivity contribution in [3.05, 3.63) is 64.0 Å². The molecule has 11 heteroatoms. The second-order valence-corrected chi connectivity index (χ2v) is 11.2. The normalized spacial score (nSPS) is 11.7. The summed E-state index contributed by atoms with van der Waals surface area (Å²) in [6, 6.07) is 7.22. The fraction of sp³-hybridized carbons (Fsp3) is 0.444. The molecule has 2 aromatic heterocycles.